The number of rotatable bonds is 21. The first-order valence-corrected chi connectivity index (χ1v) is 18.2. The minimum Gasteiger partial charge on any atom is -0.420 e. The van der Waals surface area contributed by atoms with Crippen LogP contribution in [0.3, 0.4) is 0 Å². The van der Waals surface area contributed by atoms with E-state index in [-0.39, 0.29) is 52.1 Å². The fourth-order valence-corrected chi connectivity index (χ4v) is 5.62. The second kappa shape index (κ2) is 23.2. The van der Waals surface area contributed by atoms with E-state index in [1.54, 1.807) is 0 Å². The third-order valence-corrected chi connectivity index (χ3v) is 8.90. The number of ether oxygens (including phenoxy) is 5. The van der Waals surface area contributed by atoms with E-state index in [1.807, 2.05) is 0 Å². The molecule has 2 aliphatic heterocycles. The Morgan fingerprint density at radius 1 is 0.569 bits per heavy atom. The van der Waals surface area contributed by atoms with Gasteiger partial charge in [-0.25, -0.2) is 13.2 Å². The number of aliphatic hydroxyl groups is 6. The fourth-order valence-electron chi connectivity index (χ4n) is 5.62. The smallest absolute Gasteiger partial charge is 0.311 e. The molecule has 0 bridgehead atoms. The number of esters is 1. The number of amides is 3. The van der Waals surface area contributed by atoms with Crippen LogP contribution in [0.2, 0.25) is 0 Å². The molecule has 9 N–H and O–H groups in total. The number of hydrogen-bond acceptors (Lipinski definition) is 16. The number of benzene rings is 1. The van der Waals surface area contributed by atoms with Crippen molar-refractivity contribution in [3.8, 4) is 5.75 Å². The average molecular weight is 849 g/mol. The molecule has 19 nitrogen and oxygen atoms in total. The molecule has 3 amide bonds. The van der Waals surface area contributed by atoms with Crippen LogP contribution in [0.25, 0.3) is 0 Å². The van der Waals surface area contributed by atoms with E-state index >= 15 is 0 Å². The molecule has 0 spiro atoms. The van der Waals surface area contributed by atoms with Crippen molar-refractivity contribution in [2.75, 3.05) is 52.5 Å². The maximum absolute atomic E-state index is 13.8. The van der Waals surface area contributed by atoms with Crippen LogP contribution >= 0.6 is 0 Å². The third-order valence-electron chi connectivity index (χ3n) is 8.90. The molecule has 24 heteroatoms. The van der Waals surface area contributed by atoms with Crippen LogP contribution in [-0.4, -0.2) is 173 Å². The van der Waals surface area contributed by atoms with Gasteiger partial charge in [0.2, 0.25) is 52.6 Å². The van der Waals surface area contributed by atoms with Crippen LogP contribution in [-0.2, 0) is 38.1 Å². The summed E-state index contributed by atoms with van der Waals surface area (Å²) < 4.78 is 93.1. The molecule has 0 aromatic heterocycles. The predicted molar refractivity (Wildman–Crippen MR) is 182 cm³/mol. The Balaban J connectivity index is 1.45. The van der Waals surface area contributed by atoms with Gasteiger partial charge in [0.05, 0.1) is 45.1 Å². The van der Waals surface area contributed by atoms with Gasteiger partial charge in [0, 0.05) is 26.1 Å². The van der Waals surface area contributed by atoms with E-state index in [9.17, 15) is 71.8 Å². The zero-order valence-electron chi connectivity index (χ0n) is 31.5. The van der Waals surface area contributed by atoms with Gasteiger partial charge in [0.25, 0.3) is 0 Å². The first kappa shape index (κ1) is 48.7. The Morgan fingerprint density at radius 3 is 1.40 bits per heavy atom. The lowest BCUT2D eigenvalue weighted by Crippen LogP contribution is -2.57. The van der Waals surface area contributed by atoms with Gasteiger partial charge in [0.1, 0.15) is 36.6 Å². The molecule has 58 heavy (non-hydrogen) atoms. The highest BCUT2D eigenvalue weighted by atomic mass is 19.2. The van der Waals surface area contributed by atoms with Crippen molar-refractivity contribution in [1.29, 1.82) is 0 Å². The van der Waals surface area contributed by atoms with E-state index in [0.29, 0.717) is 0 Å². The summed E-state index contributed by atoms with van der Waals surface area (Å²) >= 11 is 0. The first-order valence-electron chi connectivity index (χ1n) is 18.2. The Bertz CT molecular complexity index is 1470. The Morgan fingerprint density at radius 2 is 0.966 bits per heavy atom. The fraction of sp³-hybridized carbons (Fsp3) is 0.706. The van der Waals surface area contributed by atoms with Gasteiger partial charge in [0.15, 0.2) is 12.6 Å². The number of hydrogen-bond donors (Lipinski definition) is 9. The van der Waals surface area contributed by atoms with E-state index in [0.717, 1.165) is 0 Å². The Kier molecular flexibility index (Phi) is 19.5. The van der Waals surface area contributed by atoms with Gasteiger partial charge in [-0.1, -0.05) is 6.42 Å². The van der Waals surface area contributed by atoms with Gasteiger partial charge >= 0.3 is 5.97 Å². The number of aliphatic hydroxyl groups excluding tert-OH is 6. The average Bonchev–Trinajstić information content (AvgIpc) is 3.18. The summed E-state index contributed by atoms with van der Waals surface area (Å²) in [6.45, 7) is 0.864. The van der Waals surface area contributed by atoms with Gasteiger partial charge in [-0.05, 0) is 26.7 Å². The molecule has 1 aromatic rings. The first-order chi connectivity index (χ1) is 27.3. The number of nitrogens with zero attached hydrogens (tertiary/aromatic N) is 1. The van der Waals surface area contributed by atoms with Crippen molar-refractivity contribution >= 4 is 23.7 Å². The molecule has 2 heterocycles. The summed E-state index contributed by atoms with van der Waals surface area (Å²) in [6.07, 6.45) is -13.1. The summed E-state index contributed by atoms with van der Waals surface area (Å²) in [4.78, 5) is 51.4. The topological polar surface area (TPSA) is 275 Å². The molecule has 3 rings (SSSR count). The monoisotopic (exact) mass is 848 g/mol. The number of carbonyl (C=O) groups excluding carboxylic acids is 4. The van der Waals surface area contributed by atoms with Crippen molar-refractivity contribution < 1.29 is 95.5 Å². The Hall–Kier alpha value is -3.69. The van der Waals surface area contributed by atoms with Crippen LogP contribution in [0.15, 0.2) is 0 Å². The standard InChI is InChI=1S/C34H49F5N4O15/c1-15-26(48)28(50)30(52)33(56-15)54-10-8-41-18(45)13-43(14-19(46)42-9-11-55-34-31(53)29(51)27(49)16(2)57-34)12-17(44)40-7-5-3-4-6-20(47)58-32-24(38)22(36)21(35)23(37)25(32)39/h15-16,26-31,33-34,48-53H,3-14H2,1-2H3,(H,40,44)(H,41,45)(H,42,46)/t15-,16-,26+,27+,28+,29+,30-,31-,33+,34+/m0/s1. The number of nitrogens with one attached hydrogen (secondary N) is 3. The van der Waals surface area contributed by atoms with Crippen molar-refractivity contribution in [3.05, 3.63) is 29.1 Å². The molecular weight excluding hydrogens is 799 g/mol. The largest absolute Gasteiger partial charge is 0.420 e. The lowest BCUT2D eigenvalue weighted by molar-refractivity contribution is -0.292. The maximum Gasteiger partial charge on any atom is 0.311 e. The summed E-state index contributed by atoms with van der Waals surface area (Å²) in [5, 5.41) is 67.2. The van der Waals surface area contributed by atoms with E-state index in [2.05, 4.69) is 20.7 Å². The molecule has 0 aliphatic carbocycles. The zero-order chi connectivity index (χ0) is 43.3. The molecular formula is C34H49F5N4O15. The summed E-state index contributed by atoms with van der Waals surface area (Å²) in [5.74, 6) is -16.5. The number of halogens is 5. The summed E-state index contributed by atoms with van der Waals surface area (Å²) in [6, 6.07) is 0. The molecule has 2 aliphatic rings. The van der Waals surface area contributed by atoms with E-state index in [1.165, 1.54) is 18.7 Å². The molecule has 1 aromatic carbocycles. The quantitative estimate of drug-likeness (QED) is 0.0151. The highest BCUT2D eigenvalue weighted by Crippen LogP contribution is 2.29. The summed E-state index contributed by atoms with van der Waals surface area (Å²) in [7, 11) is 0. The SMILES string of the molecule is C[C@@H]1O[C@@H](OCCNC(=O)CN(CC(=O)NCCCCCC(=O)Oc2c(F)c(F)c(F)c(F)c2F)CC(=O)NCCO[C@@H]2O[C@@H](C)[C@@H](O)[C@@H](O)[C@@H]2O)[C@@H](O)[C@H](O)[C@@H]1O. The number of unbranched alkanes of at least 4 members (excludes halogenated alkanes) is 2. The highest BCUT2D eigenvalue weighted by molar-refractivity contribution is 5.84. The van der Waals surface area contributed by atoms with Gasteiger partial charge in [-0.15, -0.1) is 0 Å². The minimum absolute atomic E-state index is 0.0330. The normalized spacial score (nSPS) is 27.3. The molecule has 10 atom stereocenters. The molecule has 0 saturated carbocycles. The van der Waals surface area contributed by atoms with Crippen LogP contribution < -0.4 is 20.7 Å². The van der Waals surface area contributed by atoms with Gasteiger partial charge < -0.3 is 70.3 Å². The van der Waals surface area contributed by atoms with Crippen molar-refractivity contribution in [3.63, 3.8) is 0 Å². The summed E-state index contributed by atoms with van der Waals surface area (Å²) in [5.41, 5.74) is 0. The zero-order valence-corrected chi connectivity index (χ0v) is 31.5. The predicted octanol–water partition coefficient (Wildman–Crippen LogP) is -2.81. The van der Waals surface area contributed by atoms with Crippen molar-refractivity contribution in [2.45, 2.75) is 101 Å². The number of carbonyl (C=O) groups is 4. The van der Waals surface area contributed by atoms with Crippen LogP contribution in [0, 0.1) is 29.1 Å². The minimum atomic E-state index is -2.41. The van der Waals surface area contributed by atoms with Crippen LogP contribution in [0.5, 0.6) is 5.75 Å². The van der Waals surface area contributed by atoms with Crippen LogP contribution in [0.1, 0.15) is 39.5 Å². The second-order valence-corrected chi connectivity index (χ2v) is 13.5. The third kappa shape index (κ3) is 14.0. The second-order valence-electron chi connectivity index (χ2n) is 13.5. The molecule has 0 radical (unpaired) electrons. The van der Waals surface area contributed by atoms with Gasteiger partial charge in [-0.2, -0.15) is 8.78 Å². The molecule has 2 fully saturated rings. The van der Waals surface area contributed by atoms with Crippen molar-refractivity contribution in [2.24, 2.45) is 0 Å². The lowest BCUT2D eigenvalue weighted by atomic mass is 10.0. The maximum atomic E-state index is 13.8. The van der Waals surface area contributed by atoms with E-state index < -0.39 is 146 Å². The molecule has 330 valence electrons. The molecule has 0 unspecified atom stereocenters. The van der Waals surface area contributed by atoms with Crippen LogP contribution in [0.4, 0.5) is 22.0 Å². The van der Waals surface area contributed by atoms with E-state index in [4.69, 9.17) is 18.9 Å². The molecule has 2 saturated heterocycles. The van der Waals surface area contributed by atoms with Crippen molar-refractivity contribution in [1.82, 2.24) is 20.9 Å². The van der Waals surface area contributed by atoms with Gasteiger partial charge in [-0.3, -0.25) is 24.1 Å². The highest BCUT2D eigenvalue weighted by Gasteiger charge is 2.43. The Labute approximate surface area is 328 Å². The lowest BCUT2D eigenvalue weighted by Gasteiger charge is -2.38.